The number of rotatable bonds is 2. The molecule has 0 saturated carbocycles. The van der Waals surface area contributed by atoms with E-state index in [4.69, 9.17) is 5.73 Å². The Hall–Kier alpha value is -2.89. The van der Waals surface area contributed by atoms with Gasteiger partial charge in [-0.25, -0.2) is 0 Å². The van der Waals surface area contributed by atoms with E-state index >= 15 is 0 Å². The van der Waals surface area contributed by atoms with Crippen LogP contribution in [0.3, 0.4) is 0 Å². The molecular weight excluding hydrogens is 305 g/mol. The molecule has 0 aliphatic carbocycles. The number of amides is 1. The molecule has 1 amide bonds. The minimum Gasteiger partial charge on any atom is -0.366 e. The smallest absolute Gasteiger partial charge is 0.366 e. The molecule has 23 heavy (non-hydrogen) atoms. The minimum atomic E-state index is -4.38. The van der Waals surface area contributed by atoms with Crippen LogP contribution in [-0.2, 0) is 6.18 Å². The van der Waals surface area contributed by atoms with Crippen molar-refractivity contribution in [2.45, 2.75) is 6.18 Å². The van der Waals surface area contributed by atoms with E-state index in [0.29, 0.717) is 22.1 Å². The molecule has 0 aliphatic rings. The summed E-state index contributed by atoms with van der Waals surface area (Å²) in [5.41, 5.74) is 6.12. The highest BCUT2D eigenvalue weighted by molar-refractivity contribution is 6.02. The second kappa shape index (κ2) is 5.39. The summed E-state index contributed by atoms with van der Waals surface area (Å²) in [6.45, 7) is 0. The molecule has 3 nitrogen and oxygen atoms in total. The summed E-state index contributed by atoms with van der Waals surface area (Å²) in [5, 5.41) is 1.48. The summed E-state index contributed by atoms with van der Waals surface area (Å²) >= 11 is 0. The van der Waals surface area contributed by atoms with Crippen molar-refractivity contribution in [3.8, 4) is 11.1 Å². The lowest BCUT2D eigenvalue weighted by atomic mass is 9.98. The van der Waals surface area contributed by atoms with Crippen LogP contribution >= 0.6 is 0 Å². The van der Waals surface area contributed by atoms with Gasteiger partial charge in [0.2, 0.25) is 5.91 Å². The average molecular weight is 316 g/mol. The molecule has 2 aromatic carbocycles. The third-order valence-electron chi connectivity index (χ3n) is 3.57. The normalized spacial score (nSPS) is 11.6. The van der Waals surface area contributed by atoms with Gasteiger partial charge in [0.05, 0.1) is 5.56 Å². The number of hydrogen-bond donors (Lipinski definition) is 1. The number of alkyl halides is 3. The van der Waals surface area contributed by atoms with Gasteiger partial charge < -0.3 is 5.73 Å². The molecule has 116 valence electrons. The van der Waals surface area contributed by atoms with E-state index in [1.54, 1.807) is 30.6 Å². The standard InChI is InChI=1S/C17H11F3N2O/c18-17(19,20)13-5-3-10(4-6-13)15-9-22-8-12-2-1-11(16(21)23)7-14(12)15/h1-9H,(H2,21,23). The first kappa shape index (κ1) is 15.0. The number of carbonyl (C=O) groups excluding carboxylic acids is 1. The van der Waals surface area contributed by atoms with Gasteiger partial charge in [0.1, 0.15) is 0 Å². The fraction of sp³-hybridized carbons (Fsp3) is 0.0588. The van der Waals surface area contributed by atoms with Crippen molar-refractivity contribution in [2.75, 3.05) is 0 Å². The molecule has 0 radical (unpaired) electrons. The van der Waals surface area contributed by atoms with Gasteiger partial charge >= 0.3 is 6.18 Å². The van der Waals surface area contributed by atoms with Crippen molar-refractivity contribution in [1.82, 2.24) is 4.98 Å². The number of halogens is 3. The minimum absolute atomic E-state index is 0.330. The fourth-order valence-electron chi connectivity index (χ4n) is 2.39. The van der Waals surface area contributed by atoms with Gasteiger partial charge in [0.25, 0.3) is 0 Å². The van der Waals surface area contributed by atoms with Gasteiger partial charge in [-0.05, 0) is 35.2 Å². The SMILES string of the molecule is NC(=O)c1ccc2cncc(-c3ccc(C(F)(F)F)cc3)c2c1. The van der Waals surface area contributed by atoms with E-state index in [2.05, 4.69) is 4.98 Å². The van der Waals surface area contributed by atoms with Crippen LogP contribution in [0.4, 0.5) is 13.2 Å². The summed E-state index contributed by atoms with van der Waals surface area (Å²) in [7, 11) is 0. The number of hydrogen-bond acceptors (Lipinski definition) is 2. The molecule has 3 aromatic rings. The summed E-state index contributed by atoms with van der Waals surface area (Å²) in [6.07, 6.45) is -1.21. The Balaban J connectivity index is 2.15. The van der Waals surface area contributed by atoms with Crippen molar-refractivity contribution < 1.29 is 18.0 Å². The molecule has 0 fully saturated rings. The molecule has 0 saturated heterocycles. The van der Waals surface area contributed by atoms with Gasteiger partial charge in [-0.2, -0.15) is 13.2 Å². The molecule has 2 N–H and O–H groups in total. The van der Waals surface area contributed by atoms with Crippen molar-refractivity contribution in [1.29, 1.82) is 0 Å². The maximum Gasteiger partial charge on any atom is 0.416 e. The van der Waals surface area contributed by atoms with Gasteiger partial charge in [0.15, 0.2) is 0 Å². The van der Waals surface area contributed by atoms with Crippen LogP contribution in [0.5, 0.6) is 0 Å². The Bertz CT molecular complexity index is 886. The molecular formula is C17H11F3N2O. The van der Waals surface area contributed by atoms with Crippen LogP contribution in [0.25, 0.3) is 21.9 Å². The number of primary amides is 1. The van der Waals surface area contributed by atoms with Crippen molar-refractivity contribution in [3.63, 3.8) is 0 Å². The molecule has 1 heterocycles. The molecule has 0 aliphatic heterocycles. The molecule has 6 heteroatoms. The molecule has 0 unspecified atom stereocenters. The monoisotopic (exact) mass is 316 g/mol. The highest BCUT2D eigenvalue weighted by Gasteiger charge is 2.30. The number of carbonyl (C=O) groups is 1. The first-order valence-electron chi connectivity index (χ1n) is 6.71. The molecule has 0 bridgehead atoms. The number of fused-ring (bicyclic) bond motifs is 1. The van der Waals surface area contributed by atoms with Crippen LogP contribution in [-0.4, -0.2) is 10.9 Å². The predicted molar refractivity (Wildman–Crippen MR) is 80.7 cm³/mol. The second-order valence-electron chi connectivity index (χ2n) is 5.06. The molecule has 0 atom stereocenters. The first-order valence-corrected chi connectivity index (χ1v) is 6.71. The van der Waals surface area contributed by atoms with Crippen LogP contribution in [0.15, 0.2) is 54.9 Å². The van der Waals surface area contributed by atoms with Gasteiger partial charge in [-0.3, -0.25) is 9.78 Å². The number of nitrogens with zero attached hydrogens (tertiary/aromatic N) is 1. The Morgan fingerprint density at radius 1 is 1.00 bits per heavy atom. The van der Waals surface area contributed by atoms with Crippen LogP contribution in [0.1, 0.15) is 15.9 Å². The van der Waals surface area contributed by atoms with E-state index in [9.17, 15) is 18.0 Å². The Morgan fingerprint density at radius 3 is 2.30 bits per heavy atom. The Kier molecular flexibility index (Phi) is 3.52. The van der Waals surface area contributed by atoms with Crippen LogP contribution < -0.4 is 5.73 Å². The zero-order chi connectivity index (χ0) is 16.6. The summed E-state index contributed by atoms with van der Waals surface area (Å²) < 4.78 is 38.0. The van der Waals surface area contributed by atoms with Crippen molar-refractivity contribution in [3.05, 3.63) is 66.0 Å². The third kappa shape index (κ3) is 2.88. The summed E-state index contributed by atoms with van der Waals surface area (Å²) in [4.78, 5) is 15.4. The largest absolute Gasteiger partial charge is 0.416 e. The maximum atomic E-state index is 12.7. The molecule has 3 rings (SSSR count). The van der Waals surface area contributed by atoms with E-state index in [1.165, 1.54) is 12.1 Å². The number of nitrogens with two attached hydrogens (primary N) is 1. The lowest BCUT2D eigenvalue weighted by Gasteiger charge is -2.10. The Labute approximate surface area is 129 Å². The fourth-order valence-corrected chi connectivity index (χ4v) is 2.39. The lowest BCUT2D eigenvalue weighted by Crippen LogP contribution is -2.10. The van der Waals surface area contributed by atoms with E-state index in [-0.39, 0.29) is 0 Å². The third-order valence-corrected chi connectivity index (χ3v) is 3.57. The summed E-state index contributed by atoms with van der Waals surface area (Å²) in [6, 6.07) is 9.72. The zero-order valence-electron chi connectivity index (χ0n) is 11.8. The van der Waals surface area contributed by atoms with Gasteiger partial charge in [-0.1, -0.05) is 18.2 Å². The predicted octanol–water partition coefficient (Wildman–Crippen LogP) is 4.02. The van der Waals surface area contributed by atoms with Crippen molar-refractivity contribution >= 4 is 16.7 Å². The highest BCUT2D eigenvalue weighted by atomic mass is 19.4. The quantitative estimate of drug-likeness (QED) is 0.776. The zero-order valence-corrected chi connectivity index (χ0v) is 11.8. The summed E-state index contributed by atoms with van der Waals surface area (Å²) in [5.74, 6) is -0.568. The van der Waals surface area contributed by atoms with E-state index < -0.39 is 17.6 Å². The van der Waals surface area contributed by atoms with Gasteiger partial charge in [0, 0.05) is 28.9 Å². The second-order valence-corrected chi connectivity index (χ2v) is 5.06. The van der Waals surface area contributed by atoms with E-state index in [1.807, 2.05) is 0 Å². The maximum absolute atomic E-state index is 12.7. The topological polar surface area (TPSA) is 56.0 Å². The Morgan fingerprint density at radius 2 is 1.70 bits per heavy atom. The van der Waals surface area contributed by atoms with Crippen LogP contribution in [0, 0.1) is 0 Å². The van der Waals surface area contributed by atoms with E-state index in [0.717, 1.165) is 17.5 Å². The van der Waals surface area contributed by atoms with Crippen molar-refractivity contribution in [2.24, 2.45) is 5.73 Å². The number of benzene rings is 2. The van der Waals surface area contributed by atoms with Gasteiger partial charge in [-0.15, -0.1) is 0 Å². The number of pyridine rings is 1. The molecule has 0 spiro atoms. The average Bonchev–Trinajstić information content (AvgIpc) is 2.53. The first-order chi connectivity index (χ1) is 10.9. The number of aromatic nitrogens is 1. The van der Waals surface area contributed by atoms with Crippen LogP contribution in [0.2, 0.25) is 0 Å². The molecule has 1 aromatic heterocycles. The highest BCUT2D eigenvalue weighted by Crippen LogP contribution is 2.33. The lowest BCUT2D eigenvalue weighted by molar-refractivity contribution is -0.137.